The summed E-state index contributed by atoms with van der Waals surface area (Å²) in [6.45, 7) is 0. The summed E-state index contributed by atoms with van der Waals surface area (Å²) in [7, 11) is 1.87. The summed E-state index contributed by atoms with van der Waals surface area (Å²) >= 11 is 0. The van der Waals surface area contributed by atoms with Gasteiger partial charge in [-0.1, -0.05) is 29.8 Å². The first-order valence-electron chi connectivity index (χ1n) is 5.07. The predicted octanol–water partition coefficient (Wildman–Crippen LogP) is 2.49. The number of rotatable bonds is 3. The third-order valence-electron chi connectivity index (χ3n) is 2.31. The molecular weight excluding hydrogens is 205 g/mol. The van der Waals surface area contributed by atoms with Gasteiger partial charge in [0, 0.05) is 0 Å². The lowest BCUT2D eigenvalue weighted by Gasteiger charge is -2.15. The van der Waals surface area contributed by atoms with Gasteiger partial charge in [-0.2, -0.15) is 0 Å². The molecule has 2 aromatic carbocycles. The van der Waals surface area contributed by atoms with Crippen molar-refractivity contribution in [2.24, 2.45) is 0 Å². The van der Waals surface area contributed by atoms with Crippen LogP contribution in [-0.4, -0.2) is 7.28 Å². The Morgan fingerprint density at radius 2 is 1.56 bits per heavy atom. The largest absolute Gasteiger partial charge is 0.291 e. The van der Waals surface area contributed by atoms with Gasteiger partial charge < -0.3 is 0 Å². The molecule has 0 saturated carbocycles. The van der Waals surface area contributed by atoms with E-state index in [9.17, 15) is 8.78 Å². The van der Waals surface area contributed by atoms with E-state index in [0.29, 0.717) is 6.32 Å². The van der Waals surface area contributed by atoms with Gasteiger partial charge in [-0.3, -0.25) is 12.7 Å². The number of hydrogen-bond acceptors (Lipinski definition) is 0. The van der Waals surface area contributed by atoms with Gasteiger partial charge in [-0.05, 0) is 18.2 Å². The minimum Gasteiger partial charge on any atom is -0.291 e. The van der Waals surface area contributed by atoms with Gasteiger partial charge >= 0.3 is 0 Å². The van der Waals surface area contributed by atoms with Crippen LogP contribution in [0.2, 0.25) is 0 Å². The van der Waals surface area contributed by atoms with Crippen LogP contribution in [0.25, 0.3) is 0 Å². The first-order valence-corrected chi connectivity index (χ1v) is 5.07. The van der Waals surface area contributed by atoms with Gasteiger partial charge in [-0.25, -0.2) is 15.1 Å². The second-order valence-electron chi connectivity index (χ2n) is 3.59. The highest BCUT2D eigenvalue weighted by Gasteiger charge is 1.90. The van der Waals surface area contributed by atoms with Gasteiger partial charge in [0.15, 0.2) is 0 Å². The molecule has 0 heterocycles. The third-order valence-corrected chi connectivity index (χ3v) is 2.31. The van der Waals surface area contributed by atoms with Crippen LogP contribution in [0.5, 0.6) is 0 Å². The molecule has 2 radical (unpaired) electrons. The van der Waals surface area contributed by atoms with Crippen LogP contribution < -0.4 is 5.46 Å². The lowest BCUT2D eigenvalue weighted by molar-refractivity contribution is 0.626. The lowest BCUT2D eigenvalue weighted by Crippen LogP contribution is -2.16. The predicted molar refractivity (Wildman–Crippen MR) is 61.9 cm³/mol. The van der Waals surface area contributed by atoms with E-state index in [-0.39, 0.29) is 11.6 Å². The minimum absolute atomic E-state index is 0.245. The molecule has 0 spiro atoms. The highest BCUT2D eigenvalue weighted by atomic mass is 19.1. The molecular formula is C13H10BF2-. The zero-order valence-corrected chi connectivity index (χ0v) is 8.66. The smallest absolute Gasteiger partial charge is 0.123 e. The second kappa shape index (κ2) is 4.93. The van der Waals surface area contributed by atoms with E-state index in [2.05, 4.69) is 0 Å². The molecule has 0 nitrogen and oxygen atoms in total. The van der Waals surface area contributed by atoms with Crippen molar-refractivity contribution in [3.05, 3.63) is 65.7 Å². The fourth-order valence-corrected chi connectivity index (χ4v) is 1.53. The Labute approximate surface area is 94.2 Å². The van der Waals surface area contributed by atoms with Crippen molar-refractivity contribution in [3.63, 3.8) is 0 Å². The molecule has 3 heteroatoms. The molecule has 0 aromatic heterocycles. The van der Waals surface area contributed by atoms with Gasteiger partial charge in [0.2, 0.25) is 0 Å². The van der Waals surface area contributed by atoms with Crippen LogP contribution in [0, 0.1) is 11.6 Å². The zero-order chi connectivity index (χ0) is 11.4. The molecule has 80 valence electrons. The van der Waals surface area contributed by atoms with Gasteiger partial charge in [0.05, 0.1) is 0 Å². The monoisotopic (exact) mass is 215 g/mol. The van der Waals surface area contributed by atoms with E-state index in [4.69, 9.17) is 0 Å². The molecule has 0 unspecified atom stereocenters. The lowest BCUT2D eigenvalue weighted by atomic mass is 9.65. The average molecular weight is 215 g/mol. The first-order chi connectivity index (χ1) is 7.74. The fraction of sp³-hybridized carbons (Fsp3) is 0.0769. The summed E-state index contributed by atoms with van der Waals surface area (Å²) in [5.41, 5.74) is 1.69. The van der Waals surface area contributed by atoms with Gasteiger partial charge in [0.1, 0.15) is 11.6 Å². The Bertz CT molecular complexity index is 437. The first kappa shape index (κ1) is 10.9. The summed E-state index contributed by atoms with van der Waals surface area (Å²) in [4.78, 5) is 0. The molecule has 0 N–H and O–H groups in total. The zero-order valence-electron chi connectivity index (χ0n) is 8.66. The van der Waals surface area contributed by atoms with E-state index in [1.165, 1.54) is 24.3 Å². The summed E-state index contributed by atoms with van der Waals surface area (Å²) in [6.07, 6.45) is 0.598. The van der Waals surface area contributed by atoms with Crippen molar-refractivity contribution in [2.75, 3.05) is 0 Å². The van der Waals surface area contributed by atoms with Crippen molar-refractivity contribution in [2.45, 2.75) is 6.32 Å². The van der Waals surface area contributed by atoms with Crippen LogP contribution in [0.4, 0.5) is 8.78 Å². The highest BCUT2D eigenvalue weighted by molar-refractivity contribution is 6.52. The van der Waals surface area contributed by atoms with E-state index >= 15 is 0 Å². The summed E-state index contributed by atoms with van der Waals surface area (Å²) in [5, 5.41) is 0. The Balaban J connectivity index is 2.02. The fourth-order valence-electron chi connectivity index (χ4n) is 1.53. The van der Waals surface area contributed by atoms with Crippen molar-refractivity contribution in [3.8, 4) is 0 Å². The molecule has 2 rings (SSSR count). The van der Waals surface area contributed by atoms with Gasteiger partial charge in [0.25, 0.3) is 0 Å². The highest BCUT2D eigenvalue weighted by Crippen LogP contribution is 2.03. The molecule has 2 aromatic rings. The number of halogens is 2. The van der Waals surface area contributed by atoms with E-state index in [1.807, 2.05) is 19.4 Å². The molecule has 0 aliphatic carbocycles. The number of hydrogen-bond donors (Lipinski definition) is 0. The third kappa shape index (κ3) is 2.93. The normalized spacial score (nSPS) is 10.4. The van der Waals surface area contributed by atoms with Crippen LogP contribution in [0.15, 0.2) is 48.5 Å². The maximum atomic E-state index is 12.9. The SMILES string of the molecule is Fc1cccc([B-]Cc2cccc(F)c2)c1. The summed E-state index contributed by atoms with van der Waals surface area (Å²) in [6, 6.07) is 12.7. The van der Waals surface area contributed by atoms with Crippen LogP contribution >= 0.6 is 0 Å². The van der Waals surface area contributed by atoms with E-state index < -0.39 is 0 Å². The maximum Gasteiger partial charge on any atom is 0.123 e. The molecule has 0 amide bonds. The Kier molecular flexibility index (Phi) is 3.35. The molecule has 16 heavy (non-hydrogen) atoms. The molecule has 0 fully saturated rings. The molecule has 0 aliphatic rings. The Morgan fingerprint density at radius 1 is 0.875 bits per heavy atom. The molecule has 0 saturated heterocycles. The van der Waals surface area contributed by atoms with Crippen LogP contribution in [-0.2, 0) is 6.32 Å². The summed E-state index contributed by atoms with van der Waals surface area (Å²) in [5.74, 6) is -0.502. The van der Waals surface area contributed by atoms with Crippen molar-refractivity contribution >= 4 is 12.7 Å². The Hall–Kier alpha value is -1.64. The van der Waals surface area contributed by atoms with Gasteiger partial charge in [-0.15, -0.1) is 6.07 Å². The topological polar surface area (TPSA) is 0 Å². The van der Waals surface area contributed by atoms with E-state index in [1.54, 1.807) is 12.1 Å². The number of benzene rings is 2. The summed E-state index contributed by atoms with van der Waals surface area (Å²) < 4.78 is 25.8. The molecule has 0 bridgehead atoms. The molecule has 0 atom stereocenters. The quantitative estimate of drug-likeness (QED) is 0.690. The second-order valence-corrected chi connectivity index (χ2v) is 3.59. The van der Waals surface area contributed by atoms with E-state index in [0.717, 1.165) is 11.0 Å². The van der Waals surface area contributed by atoms with Crippen LogP contribution in [0.3, 0.4) is 0 Å². The Morgan fingerprint density at radius 3 is 2.25 bits per heavy atom. The standard InChI is InChI=1S/C13H10BF2/c15-12-5-1-3-10(7-12)9-14-11-4-2-6-13(16)8-11/h1-8H,9H2/q-1. The maximum absolute atomic E-state index is 12.9. The molecule has 0 aliphatic heterocycles. The van der Waals surface area contributed by atoms with Crippen molar-refractivity contribution in [1.29, 1.82) is 0 Å². The average Bonchev–Trinajstić information content (AvgIpc) is 2.27. The minimum atomic E-state index is -0.256. The van der Waals surface area contributed by atoms with Crippen molar-refractivity contribution in [1.82, 2.24) is 0 Å². The van der Waals surface area contributed by atoms with Crippen molar-refractivity contribution < 1.29 is 8.78 Å². The van der Waals surface area contributed by atoms with Crippen LogP contribution in [0.1, 0.15) is 5.56 Å².